The average molecular weight is 278 g/mol. The highest BCUT2D eigenvalue weighted by Crippen LogP contribution is 2.08. The van der Waals surface area contributed by atoms with Crippen molar-refractivity contribution in [3.05, 3.63) is 0 Å². The summed E-state index contributed by atoms with van der Waals surface area (Å²) in [4.78, 5) is 12.6. The van der Waals surface area contributed by atoms with E-state index in [1.54, 1.807) is 0 Å². The van der Waals surface area contributed by atoms with Crippen molar-refractivity contribution >= 4 is 16.0 Å². The lowest BCUT2D eigenvalue weighted by atomic mass is 10.3. The fourth-order valence-corrected chi connectivity index (χ4v) is 3.50. The number of hydrogen-bond acceptors (Lipinski definition) is 4. The predicted octanol–water partition coefficient (Wildman–Crippen LogP) is 0.255. The van der Waals surface area contributed by atoms with Crippen LogP contribution < -0.4 is 4.72 Å². The van der Waals surface area contributed by atoms with Crippen molar-refractivity contribution in [1.82, 2.24) is 9.62 Å². The Bertz CT molecular complexity index is 363. The van der Waals surface area contributed by atoms with Crippen LogP contribution in [0.15, 0.2) is 0 Å². The van der Waals surface area contributed by atoms with E-state index in [0.717, 1.165) is 19.6 Å². The lowest BCUT2D eigenvalue weighted by Crippen LogP contribution is -2.41. The maximum Gasteiger partial charge on any atom is 0.303 e. The summed E-state index contributed by atoms with van der Waals surface area (Å²) in [6.07, 6.45) is 2.40. The first-order chi connectivity index (χ1) is 8.39. The Kier molecular flexibility index (Phi) is 6.04. The Balaban J connectivity index is 2.27. The van der Waals surface area contributed by atoms with Crippen LogP contribution in [-0.2, 0) is 14.8 Å². The van der Waals surface area contributed by atoms with Gasteiger partial charge in [-0.05, 0) is 39.3 Å². The van der Waals surface area contributed by atoms with Gasteiger partial charge in [-0.15, -0.1) is 0 Å². The number of nitrogens with one attached hydrogen (secondary N) is 1. The molecule has 0 aromatic heterocycles. The zero-order valence-electron chi connectivity index (χ0n) is 10.8. The number of rotatable bonds is 8. The van der Waals surface area contributed by atoms with Gasteiger partial charge < -0.3 is 10.0 Å². The number of sulfonamides is 1. The molecule has 0 amide bonds. The van der Waals surface area contributed by atoms with Crippen LogP contribution in [-0.4, -0.2) is 55.8 Å². The first kappa shape index (κ1) is 15.4. The van der Waals surface area contributed by atoms with E-state index in [1.165, 1.54) is 12.8 Å². The molecule has 1 unspecified atom stereocenters. The second-order valence-corrected chi connectivity index (χ2v) is 6.72. The molecule has 0 bridgehead atoms. The Hall–Kier alpha value is -0.660. The summed E-state index contributed by atoms with van der Waals surface area (Å²) < 4.78 is 25.9. The van der Waals surface area contributed by atoms with Crippen LogP contribution >= 0.6 is 0 Å². The number of nitrogens with zero attached hydrogens (tertiary/aromatic N) is 1. The van der Waals surface area contributed by atoms with Crippen LogP contribution in [0.4, 0.5) is 0 Å². The van der Waals surface area contributed by atoms with Crippen molar-refractivity contribution in [1.29, 1.82) is 0 Å². The van der Waals surface area contributed by atoms with Crippen molar-refractivity contribution in [2.45, 2.75) is 38.6 Å². The third kappa shape index (κ3) is 6.32. The molecule has 0 saturated carbocycles. The number of carboxylic acids is 1. The molecule has 0 radical (unpaired) electrons. The van der Waals surface area contributed by atoms with Crippen LogP contribution in [0.1, 0.15) is 32.6 Å². The molecule has 6 nitrogen and oxygen atoms in total. The zero-order chi connectivity index (χ0) is 13.6. The first-order valence-electron chi connectivity index (χ1n) is 6.33. The normalized spacial score (nSPS) is 18.9. The summed E-state index contributed by atoms with van der Waals surface area (Å²) >= 11 is 0. The molecule has 1 aliphatic heterocycles. The van der Waals surface area contributed by atoms with E-state index in [4.69, 9.17) is 5.11 Å². The molecule has 1 saturated heterocycles. The maximum atomic E-state index is 11.7. The lowest BCUT2D eigenvalue weighted by Gasteiger charge is -2.21. The van der Waals surface area contributed by atoms with Crippen molar-refractivity contribution in [3.8, 4) is 0 Å². The van der Waals surface area contributed by atoms with Gasteiger partial charge in [-0.3, -0.25) is 4.79 Å². The Morgan fingerprint density at radius 2 is 2.00 bits per heavy atom. The van der Waals surface area contributed by atoms with Gasteiger partial charge in [0.05, 0.1) is 5.75 Å². The van der Waals surface area contributed by atoms with Crippen molar-refractivity contribution in [2.24, 2.45) is 0 Å². The molecule has 18 heavy (non-hydrogen) atoms. The monoisotopic (exact) mass is 278 g/mol. The zero-order valence-corrected chi connectivity index (χ0v) is 11.6. The summed E-state index contributed by atoms with van der Waals surface area (Å²) in [5, 5.41) is 8.46. The highest BCUT2D eigenvalue weighted by Gasteiger charge is 2.19. The number of carbonyl (C=O) groups is 1. The summed E-state index contributed by atoms with van der Waals surface area (Å²) in [5.41, 5.74) is 0. The Morgan fingerprint density at radius 3 is 2.56 bits per heavy atom. The minimum absolute atomic E-state index is 0.110. The van der Waals surface area contributed by atoms with Gasteiger partial charge in [-0.2, -0.15) is 0 Å². The highest BCUT2D eigenvalue weighted by molar-refractivity contribution is 7.89. The summed E-state index contributed by atoms with van der Waals surface area (Å²) in [6, 6.07) is -0.127. The molecule has 7 heteroatoms. The first-order valence-corrected chi connectivity index (χ1v) is 7.98. The smallest absolute Gasteiger partial charge is 0.303 e. The molecular weight excluding hydrogens is 256 g/mol. The SMILES string of the molecule is CC(CN1CCCC1)NS(=O)(=O)CCCC(=O)O. The van der Waals surface area contributed by atoms with E-state index >= 15 is 0 Å². The minimum Gasteiger partial charge on any atom is -0.481 e. The van der Waals surface area contributed by atoms with Gasteiger partial charge in [0.2, 0.25) is 10.0 Å². The standard InChI is InChI=1S/C11H22N2O4S/c1-10(9-13-6-2-3-7-13)12-18(16,17)8-4-5-11(14)15/h10,12H,2-9H2,1H3,(H,14,15). The molecule has 1 atom stereocenters. The minimum atomic E-state index is -3.36. The largest absolute Gasteiger partial charge is 0.481 e. The Labute approximate surface area is 108 Å². The maximum absolute atomic E-state index is 11.7. The van der Waals surface area contributed by atoms with Crippen LogP contribution in [0.25, 0.3) is 0 Å². The molecule has 0 aromatic carbocycles. The van der Waals surface area contributed by atoms with Crippen molar-refractivity contribution < 1.29 is 18.3 Å². The van der Waals surface area contributed by atoms with Crippen LogP contribution in [0.2, 0.25) is 0 Å². The number of carboxylic acid groups (broad SMARTS) is 1. The fourth-order valence-electron chi connectivity index (χ4n) is 2.17. The van der Waals surface area contributed by atoms with Gasteiger partial charge in [0.25, 0.3) is 0 Å². The number of hydrogen-bond donors (Lipinski definition) is 2. The highest BCUT2D eigenvalue weighted by atomic mass is 32.2. The molecular formula is C11H22N2O4S. The quantitative estimate of drug-likeness (QED) is 0.665. The van der Waals surface area contributed by atoms with E-state index in [-0.39, 0.29) is 24.6 Å². The van der Waals surface area contributed by atoms with Gasteiger partial charge in [0, 0.05) is 19.0 Å². The van der Waals surface area contributed by atoms with E-state index < -0.39 is 16.0 Å². The van der Waals surface area contributed by atoms with E-state index in [1.807, 2.05) is 6.92 Å². The third-order valence-corrected chi connectivity index (χ3v) is 4.50. The van der Waals surface area contributed by atoms with Gasteiger partial charge in [0.1, 0.15) is 0 Å². The van der Waals surface area contributed by atoms with E-state index in [0.29, 0.717) is 0 Å². The molecule has 0 aliphatic carbocycles. The fraction of sp³-hybridized carbons (Fsp3) is 0.909. The Morgan fingerprint density at radius 1 is 1.39 bits per heavy atom. The van der Waals surface area contributed by atoms with Crippen molar-refractivity contribution in [3.63, 3.8) is 0 Å². The molecule has 0 aromatic rings. The van der Waals surface area contributed by atoms with Gasteiger partial charge in [-0.25, -0.2) is 13.1 Å². The molecule has 106 valence electrons. The number of aliphatic carboxylic acids is 1. The molecule has 1 aliphatic rings. The van der Waals surface area contributed by atoms with Crippen LogP contribution in [0.3, 0.4) is 0 Å². The molecule has 0 spiro atoms. The average Bonchev–Trinajstić information content (AvgIpc) is 2.67. The predicted molar refractivity (Wildman–Crippen MR) is 68.9 cm³/mol. The van der Waals surface area contributed by atoms with Gasteiger partial charge in [-0.1, -0.05) is 0 Å². The molecule has 1 fully saturated rings. The summed E-state index contributed by atoms with van der Waals surface area (Å²) in [7, 11) is -3.36. The second-order valence-electron chi connectivity index (χ2n) is 4.84. The second kappa shape index (κ2) is 7.06. The topological polar surface area (TPSA) is 86.7 Å². The third-order valence-electron chi connectivity index (χ3n) is 2.92. The summed E-state index contributed by atoms with van der Waals surface area (Å²) in [5.74, 6) is -1.08. The molecule has 2 N–H and O–H groups in total. The van der Waals surface area contributed by atoms with Crippen LogP contribution in [0, 0.1) is 0 Å². The number of likely N-dealkylation sites (tertiary alicyclic amines) is 1. The van der Waals surface area contributed by atoms with Crippen LogP contribution in [0.5, 0.6) is 0 Å². The van der Waals surface area contributed by atoms with Gasteiger partial charge >= 0.3 is 5.97 Å². The summed E-state index contributed by atoms with van der Waals surface area (Å²) in [6.45, 7) is 4.63. The van der Waals surface area contributed by atoms with E-state index in [2.05, 4.69) is 9.62 Å². The molecule has 1 rings (SSSR count). The van der Waals surface area contributed by atoms with Crippen molar-refractivity contribution in [2.75, 3.05) is 25.4 Å². The molecule has 1 heterocycles. The van der Waals surface area contributed by atoms with E-state index in [9.17, 15) is 13.2 Å². The lowest BCUT2D eigenvalue weighted by molar-refractivity contribution is -0.137. The van der Waals surface area contributed by atoms with Gasteiger partial charge in [0.15, 0.2) is 0 Å².